The third-order valence-electron chi connectivity index (χ3n) is 8.77. The predicted molar refractivity (Wildman–Crippen MR) is 178 cm³/mol. The van der Waals surface area contributed by atoms with Crippen LogP contribution in [0.25, 0.3) is 0 Å². The van der Waals surface area contributed by atoms with Gasteiger partial charge in [0, 0.05) is 11.4 Å². The molecule has 0 spiro atoms. The summed E-state index contributed by atoms with van der Waals surface area (Å²) in [4.78, 5) is 24.7. The van der Waals surface area contributed by atoms with Crippen LogP contribution in [0, 0.1) is 23.7 Å². The molecule has 2 amide bonds. The number of anilines is 2. The van der Waals surface area contributed by atoms with Crippen molar-refractivity contribution in [3.8, 4) is 0 Å². The number of carbonyl (C=O) groups excluding carboxylic acids is 2. The summed E-state index contributed by atoms with van der Waals surface area (Å²) in [5.74, 6) is 1.99. The number of carbonyl (C=O) groups is 2. The van der Waals surface area contributed by atoms with Crippen molar-refractivity contribution in [1.29, 1.82) is 0 Å². The molecule has 2 N–H and O–H groups in total. The van der Waals surface area contributed by atoms with Gasteiger partial charge in [-0.1, -0.05) is 36.4 Å². The summed E-state index contributed by atoms with van der Waals surface area (Å²) >= 11 is 0. The van der Waals surface area contributed by atoms with Crippen LogP contribution in [0.3, 0.4) is 0 Å². The number of hydrogen-bond acceptors (Lipinski definition) is 6. The molecule has 45 heavy (non-hydrogen) atoms. The van der Waals surface area contributed by atoms with Crippen LogP contribution in [0.2, 0.25) is 0 Å². The van der Waals surface area contributed by atoms with Crippen molar-refractivity contribution in [3.63, 3.8) is 0 Å². The standard InChI is InChI=1S/C37H50N2O6/c1-3-21-42-24-30-5-9-32(10-6-30)26-44-36(40)38-34-17-13-28(14-18-34)23-29-15-19-35(20-16-29)39-37(41)45-27-33-11-7-31(8-12-33)25-43-22-4-2/h3-4,13-22,30-33H,5-12,23-27H2,1-2H3,(H,38,40)(H,39,41)/b21-3+,22-4+. The van der Waals surface area contributed by atoms with E-state index >= 15 is 0 Å². The molecule has 0 heterocycles. The molecule has 2 aromatic carbocycles. The first-order chi connectivity index (χ1) is 22.0. The van der Waals surface area contributed by atoms with Crippen LogP contribution in [0.1, 0.15) is 76.3 Å². The van der Waals surface area contributed by atoms with Gasteiger partial charge in [0.25, 0.3) is 0 Å². The molecule has 8 heteroatoms. The second kappa shape index (κ2) is 18.8. The zero-order valence-electron chi connectivity index (χ0n) is 26.9. The zero-order chi connectivity index (χ0) is 31.7. The quantitative estimate of drug-likeness (QED) is 0.205. The number of nitrogens with one attached hydrogen (secondary N) is 2. The minimum absolute atomic E-state index is 0.410. The Kier molecular flexibility index (Phi) is 14.2. The first-order valence-electron chi connectivity index (χ1n) is 16.5. The highest BCUT2D eigenvalue weighted by atomic mass is 16.6. The Morgan fingerprint density at radius 3 is 1.24 bits per heavy atom. The number of amides is 2. The first kappa shape index (κ1) is 33.9. The Labute approximate surface area is 268 Å². The Morgan fingerprint density at radius 1 is 0.578 bits per heavy atom. The van der Waals surface area contributed by atoms with Crippen molar-refractivity contribution in [2.45, 2.75) is 71.6 Å². The Hall–Kier alpha value is -3.94. The fourth-order valence-corrected chi connectivity index (χ4v) is 6.05. The highest BCUT2D eigenvalue weighted by Gasteiger charge is 2.23. The van der Waals surface area contributed by atoms with Gasteiger partial charge in [0.05, 0.1) is 39.0 Å². The molecule has 0 atom stereocenters. The molecule has 0 bridgehead atoms. The monoisotopic (exact) mass is 618 g/mol. The van der Waals surface area contributed by atoms with E-state index in [-0.39, 0.29) is 0 Å². The van der Waals surface area contributed by atoms with Crippen LogP contribution in [0.4, 0.5) is 21.0 Å². The summed E-state index contributed by atoms with van der Waals surface area (Å²) in [5.41, 5.74) is 3.65. The van der Waals surface area contributed by atoms with Crippen LogP contribution in [0.15, 0.2) is 73.2 Å². The second-order valence-electron chi connectivity index (χ2n) is 12.4. The van der Waals surface area contributed by atoms with Gasteiger partial charge in [-0.15, -0.1) is 0 Å². The Morgan fingerprint density at radius 2 is 0.911 bits per heavy atom. The van der Waals surface area contributed by atoms with Crippen LogP contribution >= 0.6 is 0 Å². The first-order valence-corrected chi connectivity index (χ1v) is 16.5. The summed E-state index contributed by atoms with van der Waals surface area (Å²) in [6.45, 7) is 6.33. The van der Waals surface area contributed by atoms with Crippen molar-refractivity contribution >= 4 is 23.6 Å². The lowest BCUT2D eigenvalue weighted by Gasteiger charge is -2.27. The van der Waals surface area contributed by atoms with Crippen LogP contribution in [0.5, 0.6) is 0 Å². The molecule has 244 valence electrons. The Bertz CT molecular complexity index is 1110. The predicted octanol–water partition coefficient (Wildman–Crippen LogP) is 9.09. The average molecular weight is 619 g/mol. The maximum atomic E-state index is 12.3. The van der Waals surface area contributed by atoms with Crippen molar-refractivity contribution in [2.75, 3.05) is 37.1 Å². The molecule has 0 saturated heterocycles. The van der Waals surface area contributed by atoms with E-state index in [1.165, 1.54) is 0 Å². The molecule has 4 rings (SSSR count). The summed E-state index contributed by atoms with van der Waals surface area (Å²) in [6.07, 6.45) is 15.9. The van der Waals surface area contributed by atoms with Gasteiger partial charge in [0.1, 0.15) is 0 Å². The largest absolute Gasteiger partial charge is 0.501 e. The molecule has 2 fully saturated rings. The molecule has 0 aromatic heterocycles. The Balaban J connectivity index is 1.10. The fraction of sp³-hybridized carbons (Fsp3) is 0.514. The van der Waals surface area contributed by atoms with Gasteiger partial charge in [-0.2, -0.15) is 0 Å². The molecule has 8 nitrogen and oxygen atoms in total. The summed E-state index contributed by atoms with van der Waals surface area (Å²) in [7, 11) is 0. The van der Waals surface area contributed by atoms with Crippen LogP contribution < -0.4 is 10.6 Å². The van der Waals surface area contributed by atoms with E-state index in [4.69, 9.17) is 18.9 Å². The van der Waals surface area contributed by atoms with Crippen molar-refractivity contribution < 1.29 is 28.5 Å². The highest BCUT2D eigenvalue weighted by Crippen LogP contribution is 2.30. The molecule has 0 radical (unpaired) electrons. The second-order valence-corrected chi connectivity index (χ2v) is 12.4. The maximum Gasteiger partial charge on any atom is 0.411 e. The van der Waals surface area contributed by atoms with Gasteiger partial charge in [-0.25, -0.2) is 9.59 Å². The van der Waals surface area contributed by atoms with E-state index in [2.05, 4.69) is 10.6 Å². The van der Waals surface area contributed by atoms with E-state index in [0.29, 0.717) is 48.3 Å². The molecule has 2 aromatic rings. The third-order valence-corrected chi connectivity index (χ3v) is 8.77. The van der Waals surface area contributed by atoms with E-state index in [9.17, 15) is 9.59 Å². The van der Waals surface area contributed by atoms with Crippen LogP contribution in [-0.4, -0.2) is 38.6 Å². The van der Waals surface area contributed by atoms with Gasteiger partial charge < -0.3 is 18.9 Å². The maximum absolute atomic E-state index is 12.3. The van der Waals surface area contributed by atoms with Gasteiger partial charge in [0.2, 0.25) is 0 Å². The van der Waals surface area contributed by atoms with Crippen molar-refractivity contribution in [3.05, 3.63) is 84.3 Å². The average Bonchev–Trinajstić information content (AvgIpc) is 3.06. The minimum Gasteiger partial charge on any atom is -0.501 e. The molecule has 0 unspecified atom stereocenters. The molecular weight excluding hydrogens is 568 g/mol. The van der Waals surface area contributed by atoms with Crippen LogP contribution in [-0.2, 0) is 25.4 Å². The lowest BCUT2D eigenvalue weighted by atomic mass is 9.83. The zero-order valence-corrected chi connectivity index (χ0v) is 26.9. The van der Waals surface area contributed by atoms with Crippen molar-refractivity contribution in [2.24, 2.45) is 23.7 Å². The molecule has 2 aliphatic carbocycles. The topological polar surface area (TPSA) is 95.1 Å². The number of rotatable bonds is 14. The van der Waals surface area contributed by atoms with Gasteiger partial charge in [-0.3, -0.25) is 10.6 Å². The molecular formula is C37H50N2O6. The number of ether oxygens (including phenoxy) is 4. The SMILES string of the molecule is C/C=C/OCC1CCC(COC(=O)Nc2ccc(Cc3ccc(NC(=O)OCC4CCC(CO/C=C/C)CC4)cc3)cc2)CC1. The minimum atomic E-state index is -0.416. The number of hydrogen-bond donors (Lipinski definition) is 2. The number of benzene rings is 2. The van der Waals surface area contributed by atoms with Gasteiger partial charge in [0.15, 0.2) is 0 Å². The van der Waals surface area contributed by atoms with E-state index in [0.717, 1.165) is 82.1 Å². The summed E-state index contributed by atoms with van der Waals surface area (Å²) in [5, 5.41) is 5.67. The van der Waals surface area contributed by atoms with Gasteiger partial charge in [-0.05, 0) is 131 Å². The third kappa shape index (κ3) is 12.5. The molecule has 2 aliphatic rings. The molecule has 0 aliphatic heterocycles. The van der Waals surface area contributed by atoms with Crippen molar-refractivity contribution in [1.82, 2.24) is 0 Å². The van der Waals surface area contributed by atoms with E-state index in [1.54, 1.807) is 12.5 Å². The lowest BCUT2D eigenvalue weighted by molar-refractivity contribution is 0.102. The molecule has 2 saturated carbocycles. The normalized spacial score (nSPS) is 21.7. The lowest BCUT2D eigenvalue weighted by Crippen LogP contribution is -2.24. The highest BCUT2D eigenvalue weighted by molar-refractivity contribution is 5.85. The fourth-order valence-electron chi connectivity index (χ4n) is 6.05. The van der Waals surface area contributed by atoms with E-state index < -0.39 is 12.2 Å². The van der Waals surface area contributed by atoms with E-state index in [1.807, 2.05) is 74.5 Å². The number of allylic oxidation sites excluding steroid dienone is 2. The van der Waals surface area contributed by atoms with Gasteiger partial charge >= 0.3 is 12.2 Å². The summed E-state index contributed by atoms with van der Waals surface area (Å²) < 4.78 is 22.1. The summed E-state index contributed by atoms with van der Waals surface area (Å²) in [6, 6.07) is 15.6. The smallest absolute Gasteiger partial charge is 0.411 e.